The van der Waals surface area contributed by atoms with Crippen LogP contribution in [0.1, 0.15) is 39.7 Å². The predicted octanol–water partition coefficient (Wildman–Crippen LogP) is 4.07. The van der Waals surface area contributed by atoms with Crippen LogP contribution in [-0.2, 0) is 5.75 Å². The topological polar surface area (TPSA) is 53.8 Å². The minimum absolute atomic E-state index is 0.0633. The molecule has 0 radical (unpaired) electrons. The molecule has 1 aromatic carbocycles. The number of benzene rings is 1. The summed E-state index contributed by atoms with van der Waals surface area (Å²) in [6.45, 7) is 5.34. The number of aryl methyl sites for hydroxylation is 2. The van der Waals surface area contributed by atoms with Gasteiger partial charge in [-0.15, -0.1) is 11.8 Å². The third-order valence-electron chi connectivity index (χ3n) is 3.17. The van der Waals surface area contributed by atoms with Crippen molar-refractivity contribution in [1.29, 1.82) is 5.26 Å². The van der Waals surface area contributed by atoms with Crippen LogP contribution in [-0.4, -0.2) is 10.8 Å². The van der Waals surface area contributed by atoms with E-state index in [4.69, 9.17) is 0 Å². The summed E-state index contributed by atoms with van der Waals surface area (Å²) < 4.78 is 0. The molecular weight excluding hydrogens is 280 g/mol. The number of pyridine rings is 1. The summed E-state index contributed by atoms with van der Waals surface area (Å²) in [5.74, 6) is 0.687. The second-order valence-electron chi connectivity index (χ2n) is 4.92. The van der Waals surface area contributed by atoms with Gasteiger partial charge in [0.2, 0.25) is 0 Å². The number of rotatable bonds is 4. The molecule has 0 saturated heterocycles. The molecule has 4 heteroatoms. The first kappa shape index (κ1) is 15.3. The maximum absolute atomic E-state index is 11.5. The van der Waals surface area contributed by atoms with E-state index in [0.717, 1.165) is 5.75 Å². The molecule has 0 saturated carbocycles. The molecule has 21 heavy (non-hydrogen) atoms. The van der Waals surface area contributed by atoms with Gasteiger partial charge in [0, 0.05) is 17.0 Å². The second-order valence-corrected chi connectivity index (χ2v) is 5.88. The molecule has 1 aromatic heterocycles. The highest BCUT2D eigenvalue weighted by Crippen LogP contribution is 2.26. The molecule has 0 atom stereocenters. The number of carbonyl (C=O) groups excluding carboxylic acids is 1. The van der Waals surface area contributed by atoms with Gasteiger partial charge in [-0.1, -0.05) is 29.8 Å². The molecule has 106 valence electrons. The van der Waals surface area contributed by atoms with Gasteiger partial charge in [0.05, 0.1) is 5.56 Å². The molecule has 1 heterocycles. The number of hydrogen-bond donors (Lipinski definition) is 0. The summed E-state index contributed by atoms with van der Waals surface area (Å²) in [4.78, 5) is 15.9. The minimum atomic E-state index is -0.0633. The van der Waals surface area contributed by atoms with Crippen molar-refractivity contribution in [2.45, 2.75) is 31.6 Å². The standard InChI is InChI=1S/C17H16N2OS/c1-11-4-6-14(7-5-11)10-21-17-15(9-18)8-16(13(3)20)12(2)19-17/h4-8H,10H2,1-3H3. The van der Waals surface area contributed by atoms with Gasteiger partial charge in [0.15, 0.2) is 5.78 Å². The molecule has 0 amide bonds. The van der Waals surface area contributed by atoms with Crippen LogP contribution in [0.4, 0.5) is 0 Å². The summed E-state index contributed by atoms with van der Waals surface area (Å²) in [6, 6.07) is 12.1. The smallest absolute Gasteiger partial charge is 0.161 e. The highest BCUT2D eigenvalue weighted by molar-refractivity contribution is 7.98. The molecule has 0 bridgehead atoms. The fourth-order valence-corrected chi connectivity index (χ4v) is 2.92. The molecule has 0 spiro atoms. The Morgan fingerprint density at radius 1 is 1.29 bits per heavy atom. The van der Waals surface area contributed by atoms with E-state index in [1.807, 2.05) is 0 Å². The van der Waals surface area contributed by atoms with Crippen LogP contribution < -0.4 is 0 Å². The molecule has 0 unspecified atom stereocenters. The van der Waals surface area contributed by atoms with Gasteiger partial charge in [-0.2, -0.15) is 5.26 Å². The Morgan fingerprint density at radius 3 is 2.52 bits per heavy atom. The maximum atomic E-state index is 11.5. The quantitative estimate of drug-likeness (QED) is 0.630. The van der Waals surface area contributed by atoms with Gasteiger partial charge in [0.25, 0.3) is 0 Å². The van der Waals surface area contributed by atoms with Crippen LogP contribution in [0.5, 0.6) is 0 Å². The number of hydrogen-bond acceptors (Lipinski definition) is 4. The van der Waals surface area contributed by atoms with E-state index in [2.05, 4.69) is 42.2 Å². The number of nitriles is 1. The van der Waals surface area contributed by atoms with Crippen molar-refractivity contribution in [1.82, 2.24) is 4.98 Å². The average molecular weight is 296 g/mol. The molecule has 0 N–H and O–H groups in total. The predicted molar refractivity (Wildman–Crippen MR) is 84.4 cm³/mol. The molecule has 2 aromatic rings. The Kier molecular flexibility index (Phi) is 4.77. The number of Topliss-reactive ketones (excluding diaryl/α,β-unsaturated/α-hetero) is 1. The average Bonchev–Trinajstić information content (AvgIpc) is 2.46. The van der Waals surface area contributed by atoms with E-state index in [1.54, 1.807) is 13.0 Å². The zero-order valence-corrected chi connectivity index (χ0v) is 13.1. The Bertz CT molecular complexity index is 715. The van der Waals surface area contributed by atoms with E-state index in [0.29, 0.717) is 21.8 Å². The van der Waals surface area contributed by atoms with Crippen molar-refractivity contribution in [3.05, 3.63) is 58.3 Å². The van der Waals surface area contributed by atoms with E-state index < -0.39 is 0 Å². The highest BCUT2D eigenvalue weighted by atomic mass is 32.2. The normalized spacial score (nSPS) is 10.2. The zero-order valence-electron chi connectivity index (χ0n) is 12.3. The zero-order chi connectivity index (χ0) is 15.4. The first-order valence-electron chi connectivity index (χ1n) is 6.62. The van der Waals surface area contributed by atoms with Crippen LogP contribution in [0.15, 0.2) is 35.4 Å². The van der Waals surface area contributed by atoms with Crippen LogP contribution in [0.2, 0.25) is 0 Å². The van der Waals surface area contributed by atoms with Gasteiger partial charge in [-0.3, -0.25) is 4.79 Å². The molecule has 0 fully saturated rings. The van der Waals surface area contributed by atoms with Gasteiger partial charge >= 0.3 is 0 Å². The van der Waals surface area contributed by atoms with Crippen molar-refractivity contribution in [3.8, 4) is 6.07 Å². The van der Waals surface area contributed by atoms with Crippen molar-refractivity contribution >= 4 is 17.5 Å². The van der Waals surface area contributed by atoms with Crippen LogP contribution in [0, 0.1) is 25.2 Å². The SMILES string of the molecule is CC(=O)c1cc(C#N)c(SCc2ccc(C)cc2)nc1C. The number of carbonyl (C=O) groups is 1. The lowest BCUT2D eigenvalue weighted by Gasteiger charge is -2.08. The fraction of sp³-hybridized carbons (Fsp3) is 0.235. The van der Waals surface area contributed by atoms with Gasteiger partial charge in [0.1, 0.15) is 11.1 Å². The van der Waals surface area contributed by atoms with E-state index in [-0.39, 0.29) is 5.78 Å². The molecule has 3 nitrogen and oxygen atoms in total. The monoisotopic (exact) mass is 296 g/mol. The lowest BCUT2D eigenvalue weighted by molar-refractivity contribution is 0.101. The Morgan fingerprint density at radius 2 is 1.95 bits per heavy atom. The molecule has 0 aliphatic carbocycles. The number of aromatic nitrogens is 1. The van der Waals surface area contributed by atoms with Crippen LogP contribution in [0.3, 0.4) is 0 Å². The van der Waals surface area contributed by atoms with Gasteiger partial charge in [-0.25, -0.2) is 4.98 Å². The van der Waals surface area contributed by atoms with E-state index in [1.165, 1.54) is 29.8 Å². The number of nitrogens with zero attached hydrogens (tertiary/aromatic N) is 2. The van der Waals surface area contributed by atoms with Crippen molar-refractivity contribution < 1.29 is 4.79 Å². The number of thioether (sulfide) groups is 1. The summed E-state index contributed by atoms with van der Waals surface area (Å²) in [6.07, 6.45) is 0. The highest BCUT2D eigenvalue weighted by Gasteiger charge is 2.12. The lowest BCUT2D eigenvalue weighted by Crippen LogP contribution is -2.02. The Balaban J connectivity index is 2.24. The minimum Gasteiger partial charge on any atom is -0.294 e. The molecule has 0 aliphatic heterocycles. The Hall–Kier alpha value is -2.12. The summed E-state index contributed by atoms with van der Waals surface area (Å²) in [5.41, 5.74) is 4.06. The van der Waals surface area contributed by atoms with E-state index >= 15 is 0 Å². The van der Waals surface area contributed by atoms with Crippen molar-refractivity contribution in [3.63, 3.8) is 0 Å². The second kappa shape index (κ2) is 6.55. The lowest BCUT2D eigenvalue weighted by atomic mass is 10.1. The molecule has 0 aliphatic rings. The molecular formula is C17H16N2OS. The summed E-state index contributed by atoms with van der Waals surface area (Å²) in [7, 11) is 0. The third-order valence-corrected chi connectivity index (χ3v) is 4.24. The van der Waals surface area contributed by atoms with Gasteiger partial charge < -0.3 is 0 Å². The number of ketones is 1. The van der Waals surface area contributed by atoms with Crippen molar-refractivity contribution in [2.75, 3.05) is 0 Å². The largest absolute Gasteiger partial charge is 0.294 e. The van der Waals surface area contributed by atoms with Gasteiger partial charge in [-0.05, 0) is 32.4 Å². The molecule has 2 rings (SSSR count). The van der Waals surface area contributed by atoms with E-state index in [9.17, 15) is 10.1 Å². The maximum Gasteiger partial charge on any atom is 0.161 e. The van der Waals surface area contributed by atoms with Crippen LogP contribution >= 0.6 is 11.8 Å². The summed E-state index contributed by atoms with van der Waals surface area (Å²) in [5, 5.41) is 9.92. The Labute approximate surface area is 129 Å². The summed E-state index contributed by atoms with van der Waals surface area (Å²) >= 11 is 1.52. The first-order valence-corrected chi connectivity index (χ1v) is 7.61. The van der Waals surface area contributed by atoms with Crippen LogP contribution in [0.25, 0.3) is 0 Å². The van der Waals surface area contributed by atoms with Crippen molar-refractivity contribution in [2.24, 2.45) is 0 Å². The first-order chi connectivity index (χ1) is 10.0. The fourth-order valence-electron chi connectivity index (χ4n) is 1.97. The third kappa shape index (κ3) is 3.71.